The third kappa shape index (κ3) is 8.40. The van der Waals surface area contributed by atoms with Crippen molar-refractivity contribution >= 4 is 30.2 Å². The highest BCUT2D eigenvalue weighted by molar-refractivity contribution is 8.50. The molecule has 9 heavy (non-hydrogen) atoms. The monoisotopic (exact) mass is 176 g/mol. The molecule has 0 aromatic heterocycles. The molecule has 52 valence electrons. The largest absolute Gasteiger partial charge is 0.176 e. The van der Waals surface area contributed by atoms with Gasteiger partial charge in [0, 0.05) is 11.5 Å². The Kier molecular flexibility index (Phi) is 8.77. The van der Waals surface area contributed by atoms with Crippen molar-refractivity contribution in [3.8, 4) is 0 Å². The molecule has 0 aliphatic carbocycles. The van der Waals surface area contributed by atoms with Crippen molar-refractivity contribution in [2.75, 3.05) is 11.5 Å². The molecule has 0 nitrogen and oxygen atoms in total. The molecule has 0 amide bonds. The van der Waals surface area contributed by atoms with E-state index < -0.39 is 0 Å². The van der Waals surface area contributed by atoms with Crippen LogP contribution in [0, 0.1) is 0 Å². The number of rotatable bonds is 6. The third-order valence-electron chi connectivity index (χ3n) is 0.638. The second-order valence-corrected chi connectivity index (χ2v) is 8.43. The Morgan fingerprint density at radius 2 is 1.56 bits per heavy atom. The fourth-order valence-corrected chi connectivity index (χ4v) is 5.69. The van der Waals surface area contributed by atoms with Crippen LogP contribution in [0.25, 0.3) is 0 Å². The van der Waals surface area contributed by atoms with Gasteiger partial charge in [-0.15, -0.1) is 13.2 Å². The maximum absolute atomic E-state index is 3.65. The summed E-state index contributed by atoms with van der Waals surface area (Å²) in [5.74, 6) is 2.24. The van der Waals surface area contributed by atoms with E-state index in [2.05, 4.69) is 13.2 Å². The minimum atomic E-state index is 0.0802. The van der Waals surface area contributed by atoms with Crippen molar-refractivity contribution in [2.24, 2.45) is 0 Å². The molecule has 0 aromatic rings. The van der Waals surface area contributed by atoms with Crippen LogP contribution in [0.15, 0.2) is 25.3 Å². The van der Waals surface area contributed by atoms with Gasteiger partial charge in [-0.3, -0.25) is 0 Å². The Labute approximate surface area is 67.3 Å². The standard InChI is InChI=1S/C6H12S2Si/c1-3-5-7-9-8-6-4-2/h3-4H,1-2,5-6,9H2. The van der Waals surface area contributed by atoms with Crippen LogP contribution in [-0.4, -0.2) is 19.3 Å². The Morgan fingerprint density at radius 3 is 1.89 bits per heavy atom. The summed E-state index contributed by atoms with van der Waals surface area (Å²) in [5, 5.41) is 0. The lowest BCUT2D eigenvalue weighted by atomic mass is 10.8. The first-order valence-corrected chi connectivity index (χ1v) is 8.56. The van der Waals surface area contributed by atoms with Crippen LogP contribution in [0.5, 0.6) is 0 Å². The minimum absolute atomic E-state index is 0.0802. The first kappa shape index (κ1) is 9.40. The summed E-state index contributed by atoms with van der Waals surface area (Å²) in [6.45, 7) is 7.30. The summed E-state index contributed by atoms with van der Waals surface area (Å²) in [7, 11) is 0.0802. The highest BCUT2D eigenvalue weighted by Crippen LogP contribution is 2.07. The van der Waals surface area contributed by atoms with Gasteiger partial charge < -0.3 is 0 Å². The molecule has 0 aromatic carbocycles. The average molecular weight is 176 g/mol. The van der Waals surface area contributed by atoms with Gasteiger partial charge in [0.1, 0.15) is 7.82 Å². The Morgan fingerprint density at radius 1 is 1.11 bits per heavy atom. The van der Waals surface area contributed by atoms with Gasteiger partial charge in [-0.05, 0) is 0 Å². The predicted molar refractivity (Wildman–Crippen MR) is 53.9 cm³/mol. The van der Waals surface area contributed by atoms with Crippen LogP contribution >= 0.6 is 22.4 Å². The highest BCUT2D eigenvalue weighted by atomic mass is 32.6. The summed E-state index contributed by atoms with van der Waals surface area (Å²) in [6, 6.07) is 0. The average Bonchev–Trinajstić information content (AvgIpc) is 1.89. The van der Waals surface area contributed by atoms with Gasteiger partial charge in [0.25, 0.3) is 0 Å². The van der Waals surface area contributed by atoms with Crippen molar-refractivity contribution < 1.29 is 0 Å². The smallest absolute Gasteiger partial charge is 0.147 e. The van der Waals surface area contributed by atoms with E-state index in [9.17, 15) is 0 Å². The maximum atomic E-state index is 3.65. The fraction of sp³-hybridized carbons (Fsp3) is 0.333. The molecule has 0 aliphatic rings. The molecule has 0 saturated heterocycles. The van der Waals surface area contributed by atoms with Crippen molar-refractivity contribution in [2.45, 2.75) is 0 Å². The molecule has 0 spiro atoms. The molecule has 0 N–H and O–H groups in total. The minimum Gasteiger partial charge on any atom is -0.176 e. The third-order valence-corrected chi connectivity index (χ3v) is 7.33. The van der Waals surface area contributed by atoms with E-state index in [0.717, 1.165) is 11.5 Å². The Bertz CT molecular complexity index is 73.1. The molecule has 3 heteroatoms. The summed E-state index contributed by atoms with van der Waals surface area (Å²) in [5.41, 5.74) is 0. The van der Waals surface area contributed by atoms with Crippen LogP contribution in [-0.2, 0) is 0 Å². The Balaban J connectivity index is 2.74. The van der Waals surface area contributed by atoms with E-state index in [4.69, 9.17) is 0 Å². The molecule has 0 aliphatic heterocycles. The predicted octanol–water partition coefficient (Wildman–Crippen LogP) is 1.82. The van der Waals surface area contributed by atoms with Crippen molar-refractivity contribution in [1.29, 1.82) is 0 Å². The van der Waals surface area contributed by atoms with Crippen molar-refractivity contribution in [3.05, 3.63) is 25.3 Å². The second kappa shape index (κ2) is 8.40. The van der Waals surface area contributed by atoms with Gasteiger partial charge in [0.15, 0.2) is 0 Å². The molecule has 0 fully saturated rings. The van der Waals surface area contributed by atoms with E-state index in [1.54, 1.807) is 0 Å². The van der Waals surface area contributed by atoms with Gasteiger partial charge in [0.2, 0.25) is 0 Å². The quantitative estimate of drug-likeness (QED) is 0.344. The molecule has 0 saturated carbocycles. The van der Waals surface area contributed by atoms with Crippen LogP contribution in [0.3, 0.4) is 0 Å². The normalized spacial score (nSPS) is 8.89. The first-order valence-electron chi connectivity index (χ1n) is 2.79. The topological polar surface area (TPSA) is 0 Å². The Hall–Kier alpha value is 0.397. The SMILES string of the molecule is C=CCS[SiH2]SCC=C. The lowest BCUT2D eigenvalue weighted by molar-refractivity contribution is 1.84. The molecular weight excluding hydrogens is 164 g/mol. The molecule has 0 bridgehead atoms. The van der Waals surface area contributed by atoms with Crippen molar-refractivity contribution in [3.63, 3.8) is 0 Å². The summed E-state index contributed by atoms with van der Waals surface area (Å²) < 4.78 is 0. The van der Waals surface area contributed by atoms with E-state index >= 15 is 0 Å². The number of hydrogen-bond acceptors (Lipinski definition) is 2. The zero-order valence-corrected chi connectivity index (χ0v) is 8.55. The lowest BCUT2D eigenvalue weighted by Gasteiger charge is -1.92. The van der Waals surface area contributed by atoms with Gasteiger partial charge >= 0.3 is 0 Å². The highest BCUT2D eigenvalue weighted by Gasteiger charge is 1.84. The molecule has 0 rings (SSSR count). The maximum Gasteiger partial charge on any atom is 0.147 e. The molecular formula is C6H12S2Si. The summed E-state index contributed by atoms with van der Waals surface area (Å²) >= 11 is 4.06. The summed E-state index contributed by atoms with van der Waals surface area (Å²) in [6.07, 6.45) is 3.93. The summed E-state index contributed by atoms with van der Waals surface area (Å²) in [4.78, 5) is 0. The van der Waals surface area contributed by atoms with Gasteiger partial charge in [0.05, 0.1) is 0 Å². The zero-order chi connectivity index (χ0) is 6.95. The zero-order valence-electron chi connectivity index (χ0n) is 5.51. The first-order chi connectivity index (χ1) is 4.41. The number of hydrogen-bond donors (Lipinski definition) is 0. The van der Waals surface area contributed by atoms with Crippen LogP contribution < -0.4 is 0 Å². The molecule has 0 atom stereocenters. The second-order valence-electron chi connectivity index (χ2n) is 1.44. The molecule has 0 heterocycles. The van der Waals surface area contributed by atoms with E-state index in [1.165, 1.54) is 0 Å². The van der Waals surface area contributed by atoms with Crippen LogP contribution in [0.1, 0.15) is 0 Å². The van der Waals surface area contributed by atoms with Crippen LogP contribution in [0.4, 0.5) is 0 Å². The van der Waals surface area contributed by atoms with Crippen molar-refractivity contribution in [1.82, 2.24) is 0 Å². The van der Waals surface area contributed by atoms with E-state index in [0.29, 0.717) is 0 Å². The van der Waals surface area contributed by atoms with Crippen LogP contribution in [0.2, 0.25) is 0 Å². The fourth-order valence-electron chi connectivity index (χ4n) is 0.322. The van der Waals surface area contributed by atoms with E-state index in [1.807, 2.05) is 34.6 Å². The lowest BCUT2D eigenvalue weighted by Crippen LogP contribution is -1.79. The van der Waals surface area contributed by atoms with E-state index in [-0.39, 0.29) is 7.82 Å². The van der Waals surface area contributed by atoms with Gasteiger partial charge in [-0.2, -0.15) is 22.4 Å². The molecule has 0 unspecified atom stereocenters. The van der Waals surface area contributed by atoms with Gasteiger partial charge in [-0.25, -0.2) is 0 Å². The molecule has 0 radical (unpaired) electrons. The van der Waals surface area contributed by atoms with Gasteiger partial charge in [-0.1, -0.05) is 12.2 Å².